The number of nitrogens with one attached hydrogen (secondary N) is 2. The van der Waals surface area contributed by atoms with Gasteiger partial charge < -0.3 is 9.72 Å². The minimum atomic E-state index is -0.394. The van der Waals surface area contributed by atoms with Crippen LogP contribution in [0.2, 0.25) is 0 Å². The lowest BCUT2D eigenvalue weighted by molar-refractivity contribution is 0.290. The number of benzene rings is 2. The van der Waals surface area contributed by atoms with E-state index in [2.05, 4.69) is 34.0 Å². The van der Waals surface area contributed by atoms with E-state index in [0.29, 0.717) is 23.9 Å². The van der Waals surface area contributed by atoms with Gasteiger partial charge in [0.05, 0.1) is 29.7 Å². The van der Waals surface area contributed by atoms with Crippen LogP contribution in [0.3, 0.4) is 0 Å². The molecule has 0 aliphatic heterocycles. The van der Waals surface area contributed by atoms with E-state index in [-0.39, 0.29) is 0 Å². The maximum atomic E-state index is 12.3. The molecule has 0 unspecified atom stereocenters. The second-order valence-electron chi connectivity index (χ2n) is 7.18. The van der Waals surface area contributed by atoms with Crippen molar-refractivity contribution in [1.82, 2.24) is 20.2 Å². The van der Waals surface area contributed by atoms with Crippen LogP contribution in [0.5, 0.6) is 5.75 Å². The molecule has 0 radical (unpaired) electrons. The lowest BCUT2D eigenvalue weighted by Gasteiger charge is -2.13. The van der Waals surface area contributed by atoms with E-state index >= 15 is 0 Å². The summed E-state index contributed by atoms with van der Waals surface area (Å²) in [6.45, 7) is 4.96. The van der Waals surface area contributed by atoms with Crippen molar-refractivity contribution in [3.05, 3.63) is 65.2 Å². The summed E-state index contributed by atoms with van der Waals surface area (Å²) in [6.07, 6.45) is 2.73. The zero-order valence-corrected chi connectivity index (χ0v) is 15.9. The molecule has 0 amide bonds. The van der Waals surface area contributed by atoms with Gasteiger partial charge in [-0.3, -0.25) is 5.10 Å². The summed E-state index contributed by atoms with van der Waals surface area (Å²) in [5.41, 5.74) is 3.48. The first-order chi connectivity index (χ1) is 13.6. The Labute approximate surface area is 162 Å². The van der Waals surface area contributed by atoms with Gasteiger partial charge in [-0.15, -0.1) is 0 Å². The zero-order chi connectivity index (χ0) is 19.5. The molecule has 4 aromatic rings. The topological polar surface area (TPSA) is 83.7 Å². The normalized spacial score (nSPS) is 11.2. The number of H-pyrrole nitrogens is 2. The maximum absolute atomic E-state index is 12.3. The predicted octanol–water partition coefficient (Wildman–Crippen LogP) is 4.41. The number of fused-ring (bicyclic) bond motifs is 1. The van der Waals surface area contributed by atoms with Gasteiger partial charge in [-0.1, -0.05) is 38.1 Å². The summed E-state index contributed by atoms with van der Waals surface area (Å²) in [5.74, 6) is 1.32. The maximum Gasteiger partial charge on any atom is 0.345 e. The van der Waals surface area contributed by atoms with Gasteiger partial charge in [0, 0.05) is 16.5 Å². The van der Waals surface area contributed by atoms with Gasteiger partial charge in [0.25, 0.3) is 0 Å². The molecule has 0 saturated heterocycles. The van der Waals surface area contributed by atoms with Crippen molar-refractivity contribution < 1.29 is 4.74 Å². The summed E-state index contributed by atoms with van der Waals surface area (Å²) in [6, 6.07) is 15.4. The van der Waals surface area contributed by atoms with Gasteiger partial charge >= 0.3 is 5.69 Å². The summed E-state index contributed by atoms with van der Waals surface area (Å²) in [4.78, 5) is 19.2. The summed E-state index contributed by atoms with van der Waals surface area (Å²) < 4.78 is 5.98. The molecule has 0 fully saturated rings. The monoisotopic (exact) mass is 374 g/mol. The highest BCUT2D eigenvalue weighted by Gasteiger charge is 2.11. The molecule has 4 rings (SSSR count). The van der Waals surface area contributed by atoms with E-state index in [0.717, 1.165) is 34.2 Å². The molecule has 6 heteroatoms. The van der Waals surface area contributed by atoms with Crippen molar-refractivity contribution in [3.63, 3.8) is 0 Å². The Kier molecular flexibility index (Phi) is 4.93. The van der Waals surface area contributed by atoms with Crippen molar-refractivity contribution in [2.45, 2.75) is 20.3 Å². The number of hydrogen-bond acceptors (Lipinski definition) is 4. The van der Waals surface area contributed by atoms with Crippen LogP contribution in [-0.4, -0.2) is 26.8 Å². The summed E-state index contributed by atoms with van der Waals surface area (Å²) in [5, 5.41) is 8.00. The van der Waals surface area contributed by atoms with E-state index in [9.17, 15) is 4.79 Å². The van der Waals surface area contributed by atoms with Gasteiger partial charge in [0.1, 0.15) is 5.75 Å². The van der Waals surface area contributed by atoms with E-state index < -0.39 is 5.69 Å². The molecule has 2 N–H and O–H groups in total. The average molecular weight is 374 g/mol. The van der Waals surface area contributed by atoms with Gasteiger partial charge in [0.2, 0.25) is 0 Å². The highest BCUT2D eigenvalue weighted by Crippen LogP contribution is 2.30. The number of aromatic nitrogens is 4. The molecule has 0 saturated carbocycles. The fraction of sp³-hybridized carbons (Fsp3) is 0.227. The standard InChI is InChI=1S/C22H22N4O2/c1-14(2)9-10-28-21-6-4-3-5-17(21)20-12-18(24-22(27)25-20)15-7-8-16-13-23-26-19(16)11-15/h3-8,11-14H,9-10H2,1-2H3,(H,23,26)(H,24,25,27). The molecule has 142 valence electrons. The molecule has 2 aromatic carbocycles. The van der Waals surface area contributed by atoms with Crippen molar-refractivity contribution in [2.75, 3.05) is 6.61 Å². The van der Waals surface area contributed by atoms with Gasteiger partial charge in [0.15, 0.2) is 0 Å². The van der Waals surface area contributed by atoms with Crippen molar-refractivity contribution >= 4 is 10.9 Å². The van der Waals surface area contributed by atoms with Crippen molar-refractivity contribution in [3.8, 4) is 28.3 Å². The van der Waals surface area contributed by atoms with E-state index in [1.807, 2.05) is 48.5 Å². The number of aromatic amines is 2. The second kappa shape index (κ2) is 7.68. The molecular formula is C22H22N4O2. The predicted molar refractivity (Wildman–Crippen MR) is 110 cm³/mol. The Morgan fingerprint density at radius 1 is 1.11 bits per heavy atom. The average Bonchev–Trinajstić information content (AvgIpc) is 3.15. The number of nitrogens with zero attached hydrogens (tertiary/aromatic N) is 2. The first-order valence-electron chi connectivity index (χ1n) is 9.37. The molecule has 6 nitrogen and oxygen atoms in total. The largest absolute Gasteiger partial charge is 0.493 e. The first-order valence-corrected chi connectivity index (χ1v) is 9.37. The zero-order valence-electron chi connectivity index (χ0n) is 15.9. The van der Waals surface area contributed by atoms with Crippen LogP contribution in [0.1, 0.15) is 20.3 Å². The SMILES string of the molecule is CC(C)CCOc1ccccc1-c1cc(-c2ccc3cn[nH]c3c2)nc(=O)[nH]1. The smallest absolute Gasteiger partial charge is 0.345 e. The fourth-order valence-electron chi connectivity index (χ4n) is 3.07. The number of rotatable bonds is 6. The molecule has 0 aliphatic rings. The van der Waals surface area contributed by atoms with Crippen LogP contribution in [-0.2, 0) is 0 Å². The third-order valence-electron chi connectivity index (χ3n) is 4.61. The van der Waals surface area contributed by atoms with Gasteiger partial charge in [-0.2, -0.15) is 10.1 Å². The van der Waals surface area contributed by atoms with Crippen LogP contribution in [0.4, 0.5) is 0 Å². The van der Waals surface area contributed by atoms with E-state index in [1.165, 1.54) is 0 Å². The second-order valence-corrected chi connectivity index (χ2v) is 7.18. The van der Waals surface area contributed by atoms with Gasteiger partial charge in [-0.05, 0) is 36.6 Å². The highest BCUT2D eigenvalue weighted by molar-refractivity contribution is 5.83. The Morgan fingerprint density at radius 2 is 1.96 bits per heavy atom. The Balaban J connectivity index is 1.72. The number of ether oxygens (including phenoxy) is 1. The third kappa shape index (κ3) is 3.81. The fourth-order valence-corrected chi connectivity index (χ4v) is 3.07. The minimum absolute atomic E-state index is 0.394. The van der Waals surface area contributed by atoms with Crippen molar-refractivity contribution in [1.29, 1.82) is 0 Å². The molecule has 0 spiro atoms. The van der Waals surface area contributed by atoms with Crippen LogP contribution in [0, 0.1) is 5.92 Å². The van der Waals surface area contributed by atoms with E-state index in [1.54, 1.807) is 6.20 Å². The molecule has 2 heterocycles. The van der Waals surface area contributed by atoms with E-state index in [4.69, 9.17) is 4.74 Å². The molecule has 28 heavy (non-hydrogen) atoms. The van der Waals surface area contributed by atoms with Crippen molar-refractivity contribution in [2.24, 2.45) is 5.92 Å². The van der Waals surface area contributed by atoms with Gasteiger partial charge in [-0.25, -0.2) is 4.79 Å². The Bertz CT molecular complexity index is 1160. The number of para-hydroxylation sites is 1. The number of hydrogen-bond donors (Lipinski definition) is 2. The van der Waals surface area contributed by atoms with Crippen LogP contribution in [0.25, 0.3) is 33.4 Å². The summed E-state index contributed by atoms with van der Waals surface area (Å²) in [7, 11) is 0. The Morgan fingerprint density at radius 3 is 2.82 bits per heavy atom. The molecule has 0 aliphatic carbocycles. The van der Waals surface area contributed by atoms with Crippen LogP contribution < -0.4 is 10.4 Å². The molecule has 2 aromatic heterocycles. The quantitative estimate of drug-likeness (QED) is 0.524. The minimum Gasteiger partial charge on any atom is -0.493 e. The Hall–Kier alpha value is -3.41. The molecular weight excluding hydrogens is 352 g/mol. The molecule has 0 atom stereocenters. The molecule has 0 bridgehead atoms. The van der Waals surface area contributed by atoms with Crippen LogP contribution >= 0.6 is 0 Å². The highest BCUT2D eigenvalue weighted by atomic mass is 16.5. The third-order valence-corrected chi connectivity index (χ3v) is 4.61. The first kappa shape index (κ1) is 18.0. The lowest BCUT2D eigenvalue weighted by Crippen LogP contribution is -2.12. The summed E-state index contributed by atoms with van der Waals surface area (Å²) >= 11 is 0. The van der Waals surface area contributed by atoms with Crippen LogP contribution in [0.15, 0.2) is 59.5 Å². The lowest BCUT2D eigenvalue weighted by atomic mass is 10.1.